The first-order valence-corrected chi connectivity index (χ1v) is 17.5. The fourth-order valence-corrected chi connectivity index (χ4v) is 7.76. The molecule has 234 valence electrons. The normalized spacial score (nSPS) is 25.8. The molecule has 0 radical (unpaired) electrons. The fourth-order valence-electron chi connectivity index (χ4n) is 7.76. The van der Waals surface area contributed by atoms with Crippen molar-refractivity contribution in [3.8, 4) is 0 Å². The summed E-state index contributed by atoms with van der Waals surface area (Å²) in [5, 5.41) is 0. The van der Waals surface area contributed by atoms with Gasteiger partial charge in [0, 0.05) is 12.6 Å². The zero-order valence-corrected chi connectivity index (χ0v) is 27.0. The molecule has 1 aliphatic carbocycles. The van der Waals surface area contributed by atoms with Gasteiger partial charge in [-0.3, -0.25) is 29.0 Å². The summed E-state index contributed by atoms with van der Waals surface area (Å²) in [6, 6.07) is -0.0785. The SMILES string of the molecule is CCCCCCCCC(C)C(C)CCCCCCCCN1C(=O)C2CC3C(=O)N(C(CC)CC)C(=O)C3CC2C1=O. The molecular weight excluding hydrogens is 512 g/mol. The highest BCUT2D eigenvalue weighted by atomic mass is 16.2. The summed E-state index contributed by atoms with van der Waals surface area (Å²) in [5.74, 6) is -0.536. The number of unbranched alkanes of at least 4 members (excludes halogenated alkanes) is 10. The maximum Gasteiger partial charge on any atom is 0.233 e. The minimum Gasteiger partial charge on any atom is -0.282 e. The number of carbonyl (C=O) groups excluding carboxylic acids is 4. The first-order chi connectivity index (χ1) is 19.8. The van der Waals surface area contributed by atoms with E-state index in [2.05, 4.69) is 20.8 Å². The lowest BCUT2D eigenvalue weighted by Gasteiger charge is -2.28. The van der Waals surface area contributed by atoms with Gasteiger partial charge in [-0.2, -0.15) is 0 Å². The Labute approximate surface area is 250 Å². The van der Waals surface area contributed by atoms with Gasteiger partial charge in [-0.15, -0.1) is 0 Å². The lowest BCUT2D eigenvalue weighted by atomic mass is 9.70. The van der Waals surface area contributed by atoms with Crippen LogP contribution in [-0.4, -0.2) is 46.0 Å². The summed E-state index contributed by atoms with van der Waals surface area (Å²) in [6.45, 7) is 11.6. The largest absolute Gasteiger partial charge is 0.282 e. The number of likely N-dealkylation sites (tertiary alicyclic amines) is 2. The maximum absolute atomic E-state index is 13.2. The van der Waals surface area contributed by atoms with E-state index in [0.29, 0.717) is 19.4 Å². The molecule has 2 heterocycles. The van der Waals surface area contributed by atoms with Gasteiger partial charge in [0.15, 0.2) is 0 Å². The number of rotatable bonds is 20. The Morgan fingerprint density at radius 2 is 0.951 bits per heavy atom. The molecule has 6 unspecified atom stereocenters. The van der Waals surface area contributed by atoms with Gasteiger partial charge >= 0.3 is 0 Å². The van der Waals surface area contributed by atoms with E-state index in [1.807, 2.05) is 13.8 Å². The quantitative estimate of drug-likeness (QED) is 0.110. The highest BCUT2D eigenvalue weighted by Gasteiger charge is 2.59. The van der Waals surface area contributed by atoms with Gasteiger partial charge in [-0.25, -0.2) is 0 Å². The van der Waals surface area contributed by atoms with Crippen molar-refractivity contribution in [3.05, 3.63) is 0 Å². The minimum absolute atomic E-state index is 0.0785. The summed E-state index contributed by atoms with van der Waals surface area (Å²) in [5.41, 5.74) is 0. The lowest BCUT2D eigenvalue weighted by Crippen LogP contribution is -2.40. The first kappa shape index (κ1) is 33.8. The minimum atomic E-state index is -0.428. The Bertz CT molecular complexity index is 826. The third kappa shape index (κ3) is 8.44. The Morgan fingerprint density at radius 3 is 1.39 bits per heavy atom. The highest BCUT2D eigenvalue weighted by molar-refractivity contribution is 6.09. The maximum atomic E-state index is 13.2. The Morgan fingerprint density at radius 1 is 0.561 bits per heavy atom. The van der Waals surface area contributed by atoms with Crippen LogP contribution in [0.3, 0.4) is 0 Å². The topological polar surface area (TPSA) is 74.8 Å². The van der Waals surface area contributed by atoms with Crippen LogP contribution < -0.4 is 0 Å². The zero-order valence-electron chi connectivity index (χ0n) is 27.0. The Hall–Kier alpha value is -1.72. The van der Waals surface area contributed by atoms with Gasteiger partial charge in [0.1, 0.15) is 0 Å². The number of amides is 4. The second-order valence-corrected chi connectivity index (χ2v) is 13.7. The molecular formula is C35H60N2O4. The van der Waals surface area contributed by atoms with E-state index < -0.39 is 23.7 Å². The van der Waals surface area contributed by atoms with E-state index in [-0.39, 0.29) is 29.7 Å². The molecule has 0 aromatic heterocycles. The second kappa shape index (κ2) is 16.8. The van der Waals surface area contributed by atoms with Crippen LogP contribution in [-0.2, 0) is 19.2 Å². The number of nitrogens with zero attached hydrogens (tertiary/aromatic N) is 2. The smallest absolute Gasteiger partial charge is 0.233 e. The van der Waals surface area contributed by atoms with Crippen LogP contribution in [0.25, 0.3) is 0 Å². The van der Waals surface area contributed by atoms with Crippen molar-refractivity contribution < 1.29 is 19.2 Å². The molecule has 6 heteroatoms. The third-order valence-electron chi connectivity index (χ3n) is 10.8. The molecule has 0 aromatic carbocycles. The van der Waals surface area contributed by atoms with Gasteiger partial charge in [0.25, 0.3) is 0 Å². The summed E-state index contributed by atoms with van der Waals surface area (Å²) >= 11 is 0. The number of hydrogen-bond donors (Lipinski definition) is 0. The van der Waals surface area contributed by atoms with E-state index in [1.165, 1.54) is 80.4 Å². The van der Waals surface area contributed by atoms with Crippen molar-refractivity contribution >= 4 is 23.6 Å². The Kier molecular flexibility index (Phi) is 13.8. The number of fused-ring (bicyclic) bond motifs is 2. The number of carbonyl (C=O) groups is 4. The molecule has 6 atom stereocenters. The van der Waals surface area contributed by atoms with Gasteiger partial charge in [0.2, 0.25) is 23.6 Å². The predicted molar refractivity (Wildman–Crippen MR) is 165 cm³/mol. The molecule has 4 amide bonds. The van der Waals surface area contributed by atoms with Crippen LogP contribution in [0.1, 0.15) is 150 Å². The average Bonchev–Trinajstić information content (AvgIpc) is 3.35. The third-order valence-corrected chi connectivity index (χ3v) is 10.8. The molecule has 41 heavy (non-hydrogen) atoms. The molecule has 1 saturated carbocycles. The van der Waals surface area contributed by atoms with Crippen LogP contribution in [0.4, 0.5) is 0 Å². The van der Waals surface area contributed by atoms with E-state index in [4.69, 9.17) is 0 Å². The van der Waals surface area contributed by atoms with Crippen molar-refractivity contribution in [2.45, 2.75) is 156 Å². The molecule has 0 spiro atoms. The van der Waals surface area contributed by atoms with Crippen LogP contribution >= 0.6 is 0 Å². The predicted octanol–water partition coefficient (Wildman–Crippen LogP) is 7.92. The van der Waals surface area contributed by atoms with Gasteiger partial charge in [0.05, 0.1) is 23.7 Å². The van der Waals surface area contributed by atoms with Crippen molar-refractivity contribution in [2.24, 2.45) is 35.5 Å². The molecule has 3 rings (SSSR count). The van der Waals surface area contributed by atoms with Crippen molar-refractivity contribution in [1.82, 2.24) is 9.80 Å². The molecule has 2 saturated heterocycles. The van der Waals surface area contributed by atoms with E-state index in [0.717, 1.165) is 43.9 Å². The number of imide groups is 2. The number of hydrogen-bond acceptors (Lipinski definition) is 4. The monoisotopic (exact) mass is 572 g/mol. The van der Waals surface area contributed by atoms with Gasteiger partial charge in [-0.1, -0.05) is 118 Å². The van der Waals surface area contributed by atoms with Gasteiger partial charge < -0.3 is 0 Å². The summed E-state index contributed by atoms with van der Waals surface area (Å²) < 4.78 is 0. The van der Waals surface area contributed by atoms with Gasteiger partial charge in [-0.05, 0) is 43.9 Å². The zero-order chi connectivity index (χ0) is 29.9. The Balaban J connectivity index is 1.30. The van der Waals surface area contributed by atoms with Crippen molar-refractivity contribution in [1.29, 1.82) is 0 Å². The van der Waals surface area contributed by atoms with Crippen LogP contribution in [0.2, 0.25) is 0 Å². The van der Waals surface area contributed by atoms with E-state index in [1.54, 1.807) is 0 Å². The van der Waals surface area contributed by atoms with E-state index >= 15 is 0 Å². The molecule has 3 aliphatic rings. The van der Waals surface area contributed by atoms with Crippen LogP contribution in [0.5, 0.6) is 0 Å². The molecule has 0 aromatic rings. The second-order valence-electron chi connectivity index (χ2n) is 13.7. The molecule has 3 fully saturated rings. The van der Waals surface area contributed by atoms with E-state index in [9.17, 15) is 19.2 Å². The van der Waals surface area contributed by atoms with Crippen molar-refractivity contribution in [3.63, 3.8) is 0 Å². The first-order valence-electron chi connectivity index (χ1n) is 17.5. The highest BCUT2D eigenvalue weighted by Crippen LogP contribution is 2.48. The van der Waals surface area contributed by atoms with Crippen molar-refractivity contribution in [2.75, 3.05) is 6.54 Å². The average molecular weight is 573 g/mol. The summed E-state index contributed by atoms with van der Waals surface area (Å²) in [7, 11) is 0. The molecule has 2 aliphatic heterocycles. The van der Waals surface area contributed by atoms with Crippen LogP contribution in [0, 0.1) is 35.5 Å². The summed E-state index contributed by atoms with van der Waals surface area (Å²) in [4.78, 5) is 55.6. The molecule has 0 N–H and O–H groups in total. The summed E-state index contributed by atoms with van der Waals surface area (Å²) in [6.07, 6.45) is 19.9. The fraction of sp³-hybridized carbons (Fsp3) is 0.886. The molecule has 0 bridgehead atoms. The molecule has 6 nitrogen and oxygen atoms in total. The van der Waals surface area contributed by atoms with Crippen LogP contribution in [0.15, 0.2) is 0 Å². The lowest BCUT2D eigenvalue weighted by molar-refractivity contribution is -0.142. The standard InChI is InChI=1S/C35H60N2O4/c1-6-9-10-11-14-17-20-25(4)26(5)21-18-15-12-13-16-19-22-36-32(38)28-23-30-31(24-29(28)33(36)39)35(41)37(34(30)40)27(7-2)8-3/h25-31H,6-24H2,1-5H3.